The van der Waals surface area contributed by atoms with Gasteiger partial charge in [0.2, 0.25) is 0 Å². The van der Waals surface area contributed by atoms with Crippen molar-refractivity contribution in [3.8, 4) is 0 Å². The summed E-state index contributed by atoms with van der Waals surface area (Å²) < 4.78 is 6.19. The summed E-state index contributed by atoms with van der Waals surface area (Å²) >= 11 is 0. The Balaban J connectivity index is 2.04. The Morgan fingerprint density at radius 2 is 1.62 bits per heavy atom. The quantitative estimate of drug-likeness (QED) is 0.434. The lowest BCUT2D eigenvalue weighted by Gasteiger charge is -2.35. The van der Waals surface area contributed by atoms with E-state index in [1.54, 1.807) is 0 Å². The van der Waals surface area contributed by atoms with Crippen LogP contribution in [0.1, 0.15) is 42.3 Å². The van der Waals surface area contributed by atoms with Crippen molar-refractivity contribution in [2.75, 3.05) is 6.61 Å². The van der Waals surface area contributed by atoms with Crippen LogP contribution >= 0.6 is 0 Å². The summed E-state index contributed by atoms with van der Waals surface area (Å²) in [6.07, 6.45) is 4.54. The average molecular weight is 367 g/mol. The zero-order chi connectivity index (χ0) is 19.2. The number of rotatable bonds is 7. The van der Waals surface area contributed by atoms with Gasteiger partial charge in [0.05, 0.1) is 6.61 Å². The molecule has 2 nitrogen and oxygen atoms in total. The van der Waals surface area contributed by atoms with Crippen LogP contribution in [0.2, 0.25) is 18.1 Å². The third-order valence-corrected chi connectivity index (χ3v) is 9.65. The SMILES string of the molecule is CC(C)(C)[Si](C)(C)OC/C=C/c1ccccc1CC(=O)c1ccccc1. The molecule has 0 fully saturated rings. The molecule has 0 heterocycles. The molecule has 2 rings (SSSR count). The first-order valence-corrected chi connectivity index (χ1v) is 12.1. The maximum atomic E-state index is 12.5. The van der Waals surface area contributed by atoms with Gasteiger partial charge < -0.3 is 4.43 Å². The van der Waals surface area contributed by atoms with Gasteiger partial charge in [-0.15, -0.1) is 0 Å². The highest BCUT2D eigenvalue weighted by Crippen LogP contribution is 2.36. The Bertz CT molecular complexity index is 755. The van der Waals surface area contributed by atoms with E-state index in [0.29, 0.717) is 13.0 Å². The van der Waals surface area contributed by atoms with Crippen LogP contribution in [0.25, 0.3) is 6.08 Å². The van der Waals surface area contributed by atoms with Crippen LogP contribution in [0.15, 0.2) is 60.7 Å². The molecule has 0 aromatic heterocycles. The molecule has 0 saturated carbocycles. The molecular formula is C23H30O2Si. The van der Waals surface area contributed by atoms with Crippen molar-refractivity contribution in [2.24, 2.45) is 0 Å². The number of carbonyl (C=O) groups is 1. The second-order valence-electron chi connectivity index (χ2n) is 8.14. The predicted molar refractivity (Wildman–Crippen MR) is 113 cm³/mol. The van der Waals surface area contributed by atoms with Gasteiger partial charge in [-0.3, -0.25) is 4.79 Å². The van der Waals surface area contributed by atoms with Crippen molar-refractivity contribution in [3.05, 3.63) is 77.4 Å². The molecule has 0 aliphatic rings. The van der Waals surface area contributed by atoms with Gasteiger partial charge in [0.25, 0.3) is 0 Å². The van der Waals surface area contributed by atoms with Crippen LogP contribution < -0.4 is 0 Å². The Hall–Kier alpha value is -1.97. The number of carbonyl (C=O) groups excluding carboxylic acids is 1. The monoisotopic (exact) mass is 366 g/mol. The fourth-order valence-electron chi connectivity index (χ4n) is 2.40. The average Bonchev–Trinajstić information content (AvgIpc) is 2.59. The van der Waals surface area contributed by atoms with Crippen molar-refractivity contribution in [1.29, 1.82) is 0 Å². The molecule has 0 radical (unpaired) electrons. The fraction of sp³-hybridized carbons (Fsp3) is 0.348. The van der Waals surface area contributed by atoms with Gasteiger partial charge in [0.1, 0.15) is 0 Å². The van der Waals surface area contributed by atoms with E-state index in [1.165, 1.54) is 0 Å². The molecule has 2 aromatic rings. The van der Waals surface area contributed by atoms with Crippen LogP contribution in [0.5, 0.6) is 0 Å². The fourth-order valence-corrected chi connectivity index (χ4v) is 3.35. The Morgan fingerprint density at radius 3 is 2.27 bits per heavy atom. The highest BCUT2D eigenvalue weighted by atomic mass is 28.4. The molecule has 0 amide bonds. The Labute approximate surface area is 159 Å². The Morgan fingerprint density at radius 1 is 1.00 bits per heavy atom. The molecule has 0 bridgehead atoms. The number of hydrogen-bond acceptors (Lipinski definition) is 2. The van der Waals surface area contributed by atoms with Gasteiger partial charge in [-0.25, -0.2) is 0 Å². The third-order valence-electron chi connectivity index (χ3n) is 5.15. The molecule has 2 aromatic carbocycles. The van der Waals surface area contributed by atoms with Crippen molar-refractivity contribution in [2.45, 2.75) is 45.3 Å². The van der Waals surface area contributed by atoms with Crippen molar-refractivity contribution in [3.63, 3.8) is 0 Å². The number of Topliss-reactive ketones (excluding diaryl/α,β-unsaturated/α-hetero) is 1. The third kappa shape index (κ3) is 5.51. The summed E-state index contributed by atoms with van der Waals surface area (Å²) in [5, 5.41) is 0.209. The molecule has 3 heteroatoms. The Kier molecular flexibility index (Phi) is 6.73. The molecule has 0 aliphatic carbocycles. The van der Waals surface area contributed by atoms with Crippen molar-refractivity contribution >= 4 is 20.2 Å². The number of hydrogen-bond donors (Lipinski definition) is 0. The minimum absolute atomic E-state index is 0.143. The minimum atomic E-state index is -1.73. The van der Waals surface area contributed by atoms with Crippen molar-refractivity contribution in [1.82, 2.24) is 0 Å². The normalized spacial score (nSPS) is 12.5. The zero-order valence-electron chi connectivity index (χ0n) is 16.6. The molecule has 0 atom stereocenters. The molecule has 0 aliphatic heterocycles. The summed E-state index contributed by atoms with van der Waals surface area (Å²) in [6, 6.07) is 17.5. The molecule has 0 N–H and O–H groups in total. The standard InChI is InChI=1S/C23H30O2Si/c1-23(2,3)26(4,5)25-17-11-16-19-12-9-10-15-21(19)18-22(24)20-13-7-6-8-14-20/h6-16H,17-18H2,1-5H3/b16-11+. The summed E-state index contributed by atoms with van der Waals surface area (Å²) in [6.45, 7) is 11.9. The summed E-state index contributed by atoms with van der Waals surface area (Å²) in [5.41, 5.74) is 2.88. The first kappa shape index (κ1) is 20.3. The van der Waals surface area contributed by atoms with Crippen LogP contribution in [0, 0.1) is 0 Å². The largest absolute Gasteiger partial charge is 0.413 e. The van der Waals surface area contributed by atoms with Crippen LogP contribution in [0.3, 0.4) is 0 Å². The first-order chi connectivity index (χ1) is 12.2. The summed E-state index contributed by atoms with van der Waals surface area (Å²) in [7, 11) is -1.73. The number of ketones is 1. The molecule has 0 unspecified atom stereocenters. The van der Waals surface area contributed by atoms with Crippen molar-refractivity contribution < 1.29 is 9.22 Å². The van der Waals surface area contributed by atoms with Gasteiger partial charge in [0.15, 0.2) is 14.1 Å². The first-order valence-electron chi connectivity index (χ1n) is 9.17. The van der Waals surface area contributed by atoms with E-state index >= 15 is 0 Å². The van der Waals surface area contributed by atoms with E-state index in [2.05, 4.69) is 52.1 Å². The van der Waals surface area contributed by atoms with Gasteiger partial charge in [0, 0.05) is 12.0 Å². The second-order valence-corrected chi connectivity index (χ2v) is 12.9. The molecule has 138 valence electrons. The molecule has 0 saturated heterocycles. The van der Waals surface area contributed by atoms with E-state index < -0.39 is 8.32 Å². The van der Waals surface area contributed by atoms with Crippen LogP contribution in [0.4, 0.5) is 0 Å². The minimum Gasteiger partial charge on any atom is -0.413 e. The van der Waals surface area contributed by atoms with E-state index in [0.717, 1.165) is 16.7 Å². The molecular weight excluding hydrogens is 336 g/mol. The molecule has 0 spiro atoms. The maximum absolute atomic E-state index is 12.5. The lowest BCUT2D eigenvalue weighted by Crippen LogP contribution is -2.40. The zero-order valence-corrected chi connectivity index (χ0v) is 17.6. The van der Waals surface area contributed by atoms with Gasteiger partial charge in [-0.1, -0.05) is 87.5 Å². The van der Waals surface area contributed by atoms with E-state index in [9.17, 15) is 4.79 Å². The highest BCUT2D eigenvalue weighted by Gasteiger charge is 2.36. The molecule has 26 heavy (non-hydrogen) atoms. The van der Waals surface area contributed by atoms with Crippen LogP contribution in [-0.2, 0) is 10.8 Å². The van der Waals surface area contributed by atoms with E-state index in [4.69, 9.17) is 4.43 Å². The smallest absolute Gasteiger partial charge is 0.192 e. The summed E-state index contributed by atoms with van der Waals surface area (Å²) in [4.78, 5) is 12.5. The van der Waals surface area contributed by atoms with E-state index in [-0.39, 0.29) is 10.8 Å². The summed E-state index contributed by atoms with van der Waals surface area (Å²) in [5.74, 6) is 0.143. The second kappa shape index (κ2) is 8.61. The highest BCUT2D eigenvalue weighted by molar-refractivity contribution is 6.74. The topological polar surface area (TPSA) is 26.3 Å². The van der Waals surface area contributed by atoms with Gasteiger partial charge in [-0.2, -0.15) is 0 Å². The van der Waals surface area contributed by atoms with E-state index in [1.807, 2.05) is 48.5 Å². The van der Waals surface area contributed by atoms with Gasteiger partial charge in [-0.05, 0) is 29.3 Å². The lowest BCUT2D eigenvalue weighted by atomic mass is 9.98. The predicted octanol–water partition coefficient (Wildman–Crippen LogP) is 6.15. The number of benzene rings is 2. The maximum Gasteiger partial charge on any atom is 0.192 e. The van der Waals surface area contributed by atoms with Crippen LogP contribution in [-0.4, -0.2) is 20.7 Å². The van der Waals surface area contributed by atoms with Gasteiger partial charge >= 0.3 is 0 Å². The lowest BCUT2D eigenvalue weighted by molar-refractivity contribution is 0.0993.